The summed E-state index contributed by atoms with van der Waals surface area (Å²) in [5.74, 6) is 0.566. The van der Waals surface area contributed by atoms with Crippen molar-refractivity contribution in [3.63, 3.8) is 0 Å². The van der Waals surface area contributed by atoms with Gasteiger partial charge in [-0.3, -0.25) is 4.31 Å². The number of para-hydroxylation sites is 2. The molecule has 5 heteroatoms. The molecule has 3 rings (SSSR count). The van der Waals surface area contributed by atoms with E-state index in [0.717, 1.165) is 10.8 Å². The van der Waals surface area contributed by atoms with Gasteiger partial charge in [0.05, 0.1) is 17.2 Å². The summed E-state index contributed by atoms with van der Waals surface area (Å²) in [5.41, 5.74) is 0.556. The average molecular weight is 355 g/mol. The van der Waals surface area contributed by atoms with Crippen molar-refractivity contribution in [2.75, 3.05) is 17.5 Å². The number of hydrogen-bond acceptors (Lipinski definition) is 3. The highest BCUT2D eigenvalue weighted by Gasteiger charge is 2.26. The second-order valence-corrected chi connectivity index (χ2v) is 7.44. The van der Waals surface area contributed by atoms with Crippen molar-refractivity contribution in [2.24, 2.45) is 0 Å². The molecule has 4 nitrogen and oxygen atoms in total. The molecule has 0 aliphatic heterocycles. The number of fused-ring (bicyclic) bond motifs is 1. The lowest BCUT2D eigenvalue weighted by atomic mass is 10.1. The Balaban J connectivity index is 2.10. The molecule has 0 aliphatic carbocycles. The van der Waals surface area contributed by atoms with Crippen LogP contribution in [0.2, 0.25) is 0 Å². The normalized spacial score (nSPS) is 11.4. The minimum absolute atomic E-state index is 0.277. The van der Waals surface area contributed by atoms with Crippen LogP contribution in [-0.2, 0) is 10.0 Å². The third kappa shape index (κ3) is 3.33. The Morgan fingerprint density at radius 3 is 2.28 bits per heavy atom. The van der Waals surface area contributed by atoms with Crippen molar-refractivity contribution in [2.45, 2.75) is 18.7 Å². The maximum Gasteiger partial charge on any atom is 0.264 e. The van der Waals surface area contributed by atoms with Gasteiger partial charge in [0.15, 0.2) is 0 Å². The maximum absolute atomic E-state index is 13.2. The third-order valence-electron chi connectivity index (χ3n) is 4.03. The zero-order chi connectivity index (χ0) is 17.9. The van der Waals surface area contributed by atoms with Gasteiger partial charge in [-0.2, -0.15) is 0 Å². The van der Waals surface area contributed by atoms with E-state index in [2.05, 4.69) is 0 Å². The van der Waals surface area contributed by atoms with Crippen LogP contribution in [0.4, 0.5) is 5.69 Å². The second kappa shape index (κ2) is 7.15. The summed E-state index contributed by atoms with van der Waals surface area (Å²) in [6.45, 7) is 4.50. The Morgan fingerprint density at radius 1 is 0.880 bits per heavy atom. The Labute approximate surface area is 148 Å². The van der Waals surface area contributed by atoms with Gasteiger partial charge in [-0.15, -0.1) is 0 Å². The van der Waals surface area contributed by atoms with Gasteiger partial charge in [0, 0.05) is 6.54 Å². The second-order valence-electron chi connectivity index (χ2n) is 5.58. The molecule has 0 saturated heterocycles. The van der Waals surface area contributed by atoms with Gasteiger partial charge in [-0.05, 0) is 48.9 Å². The first kappa shape index (κ1) is 17.3. The summed E-state index contributed by atoms with van der Waals surface area (Å²) >= 11 is 0. The van der Waals surface area contributed by atoms with Crippen molar-refractivity contribution in [1.29, 1.82) is 0 Å². The number of ether oxygens (including phenoxy) is 1. The number of rotatable bonds is 6. The van der Waals surface area contributed by atoms with Crippen molar-refractivity contribution in [3.8, 4) is 5.75 Å². The number of hydrogen-bond donors (Lipinski definition) is 0. The number of nitrogens with zero attached hydrogens (tertiary/aromatic N) is 1. The number of sulfonamides is 1. The first-order valence-electron chi connectivity index (χ1n) is 8.31. The molecule has 3 aromatic rings. The molecule has 130 valence electrons. The van der Waals surface area contributed by atoms with E-state index in [0.29, 0.717) is 24.6 Å². The van der Waals surface area contributed by atoms with Gasteiger partial charge in [-0.1, -0.05) is 42.5 Å². The highest BCUT2D eigenvalue weighted by Crippen LogP contribution is 2.33. The maximum atomic E-state index is 13.2. The Bertz CT molecular complexity index is 983. The minimum atomic E-state index is -3.68. The monoisotopic (exact) mass is 355 g/mol. The van der Waals surface area contributed by atoms with Crippen LogP contribution >= 0.6 is 0 Å². The number of benzene rings is 3. The van der Waals surface area contributed by atoms with E-state index in [9.17, 15) is 8.42 Å². The van der Waals surface area contributed by atoms with Gasteiger partial charge < -0.3 is 4.74 Å². The van der Waals surface area contributed by atoms with Crippen LogP contribution < -0.4 is 9.04 Å². The molecule has 0 fully saturated rings. The van der Waals surface area contributed by atoms with Gasteiger partial charge in [-0.25, -0.2) is 8.42 Å². The minimum Gasteiger partial charge on any atom is -0.492 e. The van der Waals surface area contributed by atoms with Gasteiger partial charge in [0.2, 0.25) is 0 Å². The summed E-state index contributed by atoms with van der Waals surface area (Å²) in [6.07, 6.45) is 0. The predicted octanol–water partition coefficient (Wildman–Crippen LogP) is 4.45. The zero-order valence-electron chi connectivity index (χ0n) is 14.3. The molecule has 0 radical (unpaired) electrons. The van der Waals surface area contributed by atoms with E-state index in [1.807, 2.05) is 56.3 Å². The van der Waals surface area contributed by atoms with E-state index in [-0.39, 0.29) is 4.90 Å². The van der Waals surface area contributed by atoms with Gasteiger partial charge in [0.1, 0.15) is 5.75 Å². The highest BCUT2D eigenvalue weighted by molar-refractivity contribution is 7.92. The molecule has 0 spiro atoms. The van der Waals surface area contributed by atoms with Crippen LogP contribution in [0.5, 0.6) is 5.75 Å². The summed E-state index contributed by atoms with van der Waals surface area (Å²) in [7, 11) is -3.68. The van der Waals surface area contributed by atoms with Gasteiger partial charge >= 0.3 is 0 Å². The molecular formula is C20H21NO3S. The molecule has 0 unspecified atom stereocenters. The Hall–Kier alpha value is -2.53. The molecule has 0 N–H and O–H groups in total. The number of anilines is 1. The first-order chi connectivity index (χ1) is 12.1. The Morgan fingerprint density at radius 2 is 1.56 bits per heavy atom. The predicted molar refractivity (Wildman–Crippen MR) is 102 cm³/mol. The van der Waals surface area contributed by atoms with Crippen molar-refractivity contribution in [3.05, 3.63) is 66.7 Å². The topological polar surface area (TPSA) is 46.6 Å². The van der Waals surface area contributed by atoms with Crippen LogP contribution in [0.1, 0.15) is 13.8 Å². The molecule has 0 saturated carbocycles. The lowest BCUT2D eigenvalue weighted by molar-refractivity contribution is 0.341. The summed E-state index contributed by atoms with van der Waals surface area (Å²) in [5, 5.41) is 1.91. The summed E-state index contributed by atoms with van der Waals surface area (Å²) in [6, 6.07) is 20.1. The molecule has 0 bridgehead atoms. The molecule has 0 aliphatic rings. The van der Waals surface area contributed by atoms with E-state index in [1.165, 1.54) is 4.31 Å². The van der Waals surface area contributed by atoms with E-state index in [4.69, 9.17) is 4.74 Å². The first-order valence-corrected chi connectivity index (χ1v) is 9.75. The lowest BCUT2D eigenvalue weighted by Crippen LogP contribution is -2.31. The fraction of sp³-hybridized carbons (Fsp3) is 0.200. The molecular weight excluding hydrogens is 334 g/mol. The Kier molecular flexibility index (Phi) is 4.95. The smallest absolute Gasteiger partial charge is 0.264 e. The third-order valence-corrected chi connectivity index (χ3v) is 5.91. The largest absolute Gasteiger partial charge is 0.492 e. The fourth-order valence-corrected chi connectivity index (χ4v) is 4.39. The lowest BCUT2D eigenvalue weighted by Gasteiger charge is -2.25. The summed E-state index contributed by atoms with van der Waals surface area (Å²) in [4.78, 5) is 0.277. The summed E-state index contributed by atoms with van der Waals surface area (Å²) < 4.78 is 33.5. The van der Waals surface area contributed by atoms with Crippen LogP contribution in [0.3, 0.4) is 0 Å². The van der Waals surface area contributed by atoms with Gasteiger partial charge in [0.25, 0.3) is 10.0 Å². The van der Waals surface area contributed by atoms with E-state index >= 15 is 0 Å². The van der Waals surface area contributed by atoms with Crippen LogP contribution in [0.25, 0.3) is 10.8 Å². The molecule has 0 amide bonds. The zero-order valence-corrected chi connectivity index (χ0v) is 15.2. The average Bonchev–Trinajstić information content (AvgIpc) is 2.63. The standard InChI is InChI=1S/C20H21NO3S/c1-3-21(19-11-7-8-12-20(19)24-4-2)25(22,23)18-14-13-16-9-5-6-10-17(16)15-18/h5-15H,3-4H2,1-2H3. The van der Waals surface area contributed by atoms with Crippen molar-refractivity contribution in [1.82, 2.24) is 0 Å². The molecule has 0 heterocycles. The molecule has 3 aromatic carbocycles. The van der Waals surface area contributed by atoms with Crippen molar-refractivity contribution < 1.29 is 13.2 Å². The highest BCUT2D eigenvalue weighted by atomic mass is 32.2. The van der Waals surface area contributed by atoms with E-state index in [1.54, 1.807) is 24.3 Å². The fourth-order valence-electron chi connectivity index (χ4n) is 2.87. The molecule has 0 atom stereocenters. The van der Waals surface area contributed by atoms with Crippen LogP contribution in [-0.4, -0.2) is 21.6 Å². The van der Waals surface area contributed by atoms with Crippen LogP contribution in [0, 0.1) is 0 Å². The van der Waals surface area contributed by atoms with Crippen molar-refractivity contribution >= 4 is 26.5 Å². The molecule has 25 heavy (non-hydrogen) atoms. The quantitative estimate of drug-likeness (QED) is 0.656. The SMILES string of the molecule is CCOc1ccccc1N(CC)S(=O)(=O)c1ccc2ccccc2c1. The van der Waals surface area contributed by atoms with Crippen LogP contribution in [0.15, 0.2) is 71.6 Å². The molecule has 0 aromatic heterocycles. The van der Waals surface area contributed by atoms with E-state index < -0.39 is 10.0 Å².